The lowest BCUT2D eigenvalue weighted by atomic mass is 10.3. The number of nitro benzene ring substituents is 1. The lowest BCUT2D eigenvalue weighted by Gasteiger charge is -2.13. The SMILES string of the molecule is CON(C)S(=O)(=O)c1ccc(Cl)cc1[N+](=O)[O-]. The van der Waals surface area contributed by atoms with Crippen LogP contribution in [0.5, 0.6) is 0 Å². The maximum Gasteiger partial charge on any atom is 0.290 e. The van der Waals surface area contributed by atoms with Crippen molar-refractivity contribution in [2.75, 3.05) is 14.2 Å². The summed E-state index contributed by atoms with van der Waals surface area (Å²) in [5.41, 5.74) is -0.596. The molecule has 0 fully saturated rings. The highest BCUT2D eigenvalue weighted by atomic mass is 35.5. The van der Waals surface area contributed by atoms with Crippen molar-refractivity contribution in [3.63, 3.8) is 0 Å². The molecule has 9 heteroatoms. The van der Waals surface area contributed by atoms with Gasteiger partial charge in [0.05, 0.1) is 12.0 Å². The average molecular weight is 281 g/mol. The van der Waals surface area contributed by atoms with Gasteiger partial charge in [0.15, 0.2) is 4.90 Å². The molecule has 0 saturated carbocycles. The van der Waals surface area contributed by atoms with Crippen LogP contribution < -0.4 is 0 Å². The minimum absolute atomic E-state index is 0.0794. The summed E-state index contributed by atoms with van der Waals surface area (Å²) in [6.45, 7) is 0. The van der Waals surface area contributed by atoms with E-state index in [1.165, 1.54) is 6.07 Å². The third kappa shape index (κ3) is 2.72. The number of halogens is 1. The van der Waals surface area contributed by atoms with E-state index in [4.69, 9.17) is 11.6 Å². The standard InChI is InChI=1S/C8H9ClN2O5S/c1-10(16-2)17(14,15)8-4-3-6(9)5-7(8)11(12)13/h3-5H,1-2H3. The van der Waals surface area contributed by atoms with Crippen molar-refractivity contribution < 1.29 is 18.2 Å². The van der Waals surface area contributed by atoms with Gasteiger partial charge in [0.25, 0.3) is 15.7 Å². The molecule has 17 heavy (non-hydrogen) atoms. The minimum Gasteiger partial charge on any atom is -0.288 e. The van der Waals surface area contributed by atoms with Crippen LogP contribution in [0.1, 0.15) is 0 Å². The number of hydroxylamine groups is 1. The highest BCUT2D eigenvalue weighted by Gasteiger charge is 2.29. The van der Waals surface area contributed by atoms with Crippen molar-refractivity contribution >= 4 is 27.3 Å². The van der Waals surface area contributed by atoms with Gasteiger partial charge in [-0.2, -0.15) is 0 Å². The number of hydrogen-bond acceptors (Lipinski definition) is 5. The molecular weight excluding hydrogens is 272 g/mol. The molecule has 0 radical (unpaired) electrons. The summed E-state index contributed by atoms with van der Waals surface area (Å²) in [6.07, 6.45) is 0. The molecule has 0 aliphatic heterocycles. The fraction of sp³-hybridized carbons (Fsp3) is 0.250. The van der Waals surface area contributed by atoms with Crippen LogP contribution in [0.2, 0.25) is 5.02 Å². The van der Waals surface area contributed by atoms with E-state index in [0.717, 1.165) is 26.3 Å². The van der Waals surface area contributed by atoms with Crippen LogP contribution in [0.3, 0.4) is 0 Å². The van der Waals surface area contributed by atoms with Crippen LogP contribution in [0.15, 0.2) is 23.1 Å². The summed E-state index contributed by atoms with van der Waals surface area (Å²) < 4.78 is 24.2. The Labute approximate surface area is 103 Å². The van der Waals surface area contributed by atoms with Gasteiger partial charge in [-0.1, -0.05) is 16.1 Å². The zero-order valence-corrected chi connectivity index (χ0v) is 10.5. The average Bonchev–Trinajstić information content (AvgIpc) is 2.27. The number of nitro groups is 1. The largest absolute Gasteiger partial charge is 0.290 e. The Morgan fingerprint density at radius 2 is 2.06 bits per heavy atom. The summed E-state index contributed by atoms with van der Waals surface area (Å²) in [6, 6.07) is 3.29. The number of sulfonamides is 1. The van der Waals surface area contributed by atoms with Crippen molar-refractivity contribution in [3.8, 4) is 0 Å². The summed E-state index contributed by atoms with van der Waals surface area (Å²) in [5, 5.41) is 10.8. The molecule has 1 aromatic carbocycles. The second-order valence-electron chi connectivity index (χ2n) is 2.97. The summed E-state index contributed by atoms with van der Waals surface area (Å²) in [7, 11) is -1.80. The predicted octanol–water partition coefficient (Wildman–Crippen LogP) is 1.43. The van der Waals surface area contributed by atoms with E-state index >= 15 is 0 Å². The number of rotatable bonds is 4. The van der Waals surface area contributed by atoms with Crippen LogP contribution in [-0.4, -0.2) is 32.0 Å². The van der Waals surface area contributed by atoms with Gasteiger partial charge < -0.3 is 0 Å². The monoisotopic (exact) mass is 280 g/mol. The van der Waals surface area contributed by atoms with Crippen molar-refractivity contribution in [2.45, 2.75) is 4.90 Å². The zero-order chi connectivity index (χ0) is 13.2. The van der Waals surface area contributed by atoms with E-state index in [0.29, 0.717) is 4.47 Å². The summed E-state index contributed by atoms with van der Waals surface area (Å²) >= 11 is 5.58. The minimum atomic E-state index is -4.07. The van der Waals surface area contributed by atoms with Crippen molar-refractivity contribution in [2.24, 2.45) is 0 Å². The molecule has 1 rings (SSSR count). The Morgan fingerprint density at radius 3 is 2.53 bits per heavy atom. The molecule has 0 aliphatic carbocycles. The molecule has 0 saturated heterocycles. The highest BCUT2D eigenvalue weighted by molar-refractivity contribution is 7.89. The molecule has 0 bridgehead atoms. The van der Waals surface area contributed by atoms with Crippen LogP contribution in [-0.2, 0) is 14.9 Å². The lowest BCUT2D eigenvalue weighted by Crippen LogP contribution is -2.26. The Bertz CT molecular complexity index is 545. The molecule has 94 valence electrons. The third-order valence-corrected chi connectivity index (χ3v) is 3.95. The van der Waals surface area contributed by atoms with E-state index in [1.807, 2.05) is 0 Å². The van der Waals surface area contributed by atoms with Crippen molar-refractivity contribution in [3.05, 3.63) is 33.3 Å². The maximum absolute atomic E-state index is 11.9. The third-order valence-electron chi connectivity index (χ3n) is 1.99. The van der Waals surface area contributed by atoms with Crippen LogP contribution in [0.4, 0.5) is 5.69 Å². The van der Waals surface area contributed by atoms with Gasteiger partial charge in [-0.25, -0.2) is 8.42 Å². The number of hydrogen-bond donors (Lipinski definition) is 0. The van der Waals surface area contributed by atoms with E-state index in [-0.39, 0.29) is 5.02 Å². The molecule has 0 amide bonds. The second-order valence-corrected chi connectivity index (χ2v) is 5.31. The lowest BCUT2D eigenvalue weighted by molar-refractivity contribution is -0.387. The van der Waals surface area contributed by atoms with Gasteiger partial charge in [0.1, 0.15) is 0 Å². The smallest absolute Gasteiger partial charge is 0.288 e. The van der Waals surface area contributed by atoms with E-state index in [2.05, 4.69) is 4.84 Å². The summed E-state index contributed by atoms with van der Waals surface area (Å²) in [4.78, 5) is 14.0. The van der Waals surface area contributed by atoms with Gasteiger partial charge >= 0.3 is 0 Å². The van der Waals surface area contributed by atoms with Gasteiger partial charge in [-0.3, -0.25) is 15.0 Å². The van der Waals surface area contributed by atoms with E-state index < -0.39 is 25.5 Å². The Kier molecular flexibility index (Phi) is 4.04. The van der Waals surface area contributed by atoms with Crippen LogP contribution in [0, 0.1) is 10.1 Å². The maximum atomic E-state index is 11.9. The van der Waals surface area contributed by atoms with Crippen LogP contribution >= 0.6 is 11.6 Å². The molecule has 0 heterocycles. The molecule has 0 unspecified atom stereocenters. The fourth-order valence-corrected chi connectivity index (χ4v) is 2.37. The first-order chi connectivity index (χ1) is 7.80. The van der Waals surface area contributed by atoms with Crippen molar-refractivity contribution in [1.82, 2.24) is 4.47 Å². The summed E-state index contributed by atoms with van der Waals surface area (Å²) in [5.74, 6) is 0. The molecule has 0 N–H and O–H groups in total. The first-order valence-electron chi connectivity index (χ1n) is 4.27. The topological polar surface area (TPSA) is 89.8 Å². The molecule has 0 spiro atoms. The normalized spacial score (nSPS) is 11.8. The Morgan fingerprint density at radius 1 is 1.47 bits per heavy atom. The fourth-order valence-electron chi connectivity index (χ4n) is 1.09. The molecule has 0 atom stereocenters. The van der Waals surface area contributed by atoms with Gasteiger partial charge in [0.2, 0.25) is 0 Å². The zero-order valence-electron chi connectivity index (χ0n) is 8.95. The first-order valence-corrected chi connectivity index (χ1v) is 6.09. The quantitative estimate of drug-likeness (QED) is 0.615. The molecule has 1 aromatic rings. The first kappa shape index (κ1) is 13.8. The predicted molar refractivity (Wildman–Crippen MR) is 60.1 cm³/mol. The van der Waals surface area contributed by atoms with E-state index in [1.54, 1.807) is 0 Å². The van der Waals surface area contributed by atoms with Gasteiger partial charge in [-0.15, -0.1) is 0 Å². The highest BCUT2D eigenvalue weighted by Crippen LogP contribution is 2.28. The second kappa shape index (κ2) is 4.96. The Balaban J connectivity index is 3.47. The number of benzene rings is 1. The molecule has 0 aromatic heterocycles. The molecule has 7 nitrogen and oxygen atoms in total. The van der Waals surface area contributed by atoms with Crippen LogP contribution in [0.25, 0.3) is 0 Å². The number of nitrogens with zero attached hydrogens (tertiary/aromatic N) is 2. The van der Waals surface area contributed by atoms with Crippen molar-refractivity contribution in [1.29, 1.82) is 0 Å². The van der Waals surface area contributed by atoms with Gasteiger partial charge in [-0.05, 0) is 12.1 Å². The van der Waals surface area contributed by atoms with E-state index in [9.17, 15) is 18.5 Å². The molecular formula is C8H9ClN2O5S. The molecule has 0 aliphatic rings. The van der Waals surface area contributed by atoms with Gasteiger partial charge in [0, 0.05) is 18.1 Å². The Hall–Kier alpha value is -1.22.